The maximum absolute atomic E-state index is 14.4. The summed E-state index contributed by atoms with van der Waals surface area (Å²) >= 11 is 0. The minimum absolute atomic E-state index is 0.0518. The second-order valence-electron chi connectivity index (χ2n) is 11.9. The highest BCUT2D eigenvalue weighted by atomic mass is 16.6. The summed E-state index contributed by atoms with van der Waals surface area (Å²) in [7, 11) is 0. The number of carbonyl (C=O) groups excluding carboxylic acids is 3. The first-order valence-corrected chi connectivity index (χ1v) is 12.6. The number of esters is 2. The predicted octanol–water partition coefficient (Wildman–Crippen LogP) is 2.12. The van der Waals surface area contributed by atoms with Crippen LogP contribution in [-0.4, -0.2) is 75.3 Å². The second-order valence-corrected chi connectivity index (χ2v) is 11.9. The summed E-state index contributed by atoms with van der Waals surface area (Å²) in [6, 6.07) is 0. The van der Waals surface area contributed by atoms with Gasteiger partial charge in [-0.2, -0.15) is 0 Å². The molecule has 3 aliphatic carbocycles. The van der Waals surface area contributed by atoms with Crippen LogP contribution in [0.1, 0.15) is 61.3 Å². The van der Waals surface area contributed by atoms with Gasteiger partial charge in [-0.05, 0) is 31.4 Å². The molecule has 0 spiro atoms. The Kier molecular flexibility index (Phi) is 6.37. The van der Waals surface area contributed by atoms with E-state index in [0.29, 0.717) is 12.0 Å². The first-order chi connectivity index (χ1) is 16.9. The van der Waals surface area contributed by atoms with Crippen molar-refractivity contribution in [1.29, 1.82) is 0 Å². The molecule has 4 rings (SSSR count). The molecule has 3 fully saturated rings. The summed E-state index contributed by atoms with van der Waals surface area (Å²) in [6.07, 6.45) is -4.37. The number of hydrogen-bond donors (Lipinski definition) is 3. The van der Waals surface area contributed by atoms with E-state index in [0.717, 1.165) is 0 Å². The lowest BCUT2D eigenvalue weighted by atomic mass is 9.43. The molecule has 10 heteroatoms. The zero-order valence-corrected chi connectivity index (χ0v) is 22.5. The van der Waals surface area contributed by atoms with E-state index in [1.807, 2.05) is 6.92 Å². The molecular formula is C27H38O10. The van der Waals surface area contributed by atoms with Gasteiger partial charge >= 0.3 is 11.9 Å². The van der Waals surface area contributed by atoms with Gasteiger partial charge in [0.1, 0.15) is 17.8 Å². The van der Waals surface area contributed by atoms with Crippen LogP contribution in [0.5, 0.6) is 0 Å². The van der Waals surface area contributed by atoms with Crippen LogP contribution >= 0.6 is 0 Å². The van der Waals surface area contributed by atoms with Crippen molar-refractivity contribution < 1.29 is 48.7 Å². The van der Waals surface area contributed by atoms with Crippen LogP contribution in [0.25, 0.3) is 0 Å². The monoisotopic (exact) mass is 522 g/mol. The molecule has 4 aliphatic rings. The van der Waals surface area contributed by atoms with Crippen LogP contribution in [0, 0.1) is 22.7 Å². The molecule has 0 aromatic rings. The van der Waals surface area contributed by atoms with Crippen LogP contribution in [0.15, 0.2) is 23.7 Å². The highest BCUT2D eigenvalue weighted by Gasteiger charge is 2.77. The predicted molar refractivity (Wildman–Crippen MR) is 129 cm³/mol. The SMILES string of the molecule is C=C(O)OC1C2[C@](C)([C@H](OC(C)=O)C(=O)C3=C(C)[C@@H](O)C[C@]1(O)C3(C)C)[C@@H](C)C[C@H]1OC[C@@]21OC(C)=O. The Morgan fingerprint density at radius 3 is 2.24 bits per heavy atom. The van der Waals surface area contributed by atoms with Gasteiger partial charge in [0.25, 0.3) is 5.95 Å². The van der Waals surface area contributed by atoms with Crippen LogP contribution in [0.2, 0.25) is 0 Å². The smallest absolute Gasteiger partial charge is 0.303 e. The third-order valence-corrected chi connectivity index (χ3v) is 9.69. The summed E-state index contributed by atoms with van der Waals surface area (Å²) in [4.78, 5) is 39.3. The van der Waals surface area contributed by atoms with Gasteiger partial charge in [-0.15, -0.1) is 0 Å². The molecule has 1 heterocycles. The first-order valence-electron chi connectivity index (χ1n) is 12.6. The third kappa shape index (κ3) is 3.59. The Labute approximate surface area is 216 Å². The molecule has 0 amide bonds. The molecule has 0 aromatic carbocycles. The molecule has 1 saturated heterocycles. The van der Waals surface area contributed by atoms with Crippen molar-refractivity contribution in [2.75, 3.05) is 6.61 Å². The Hall–Kier alpha value is -2.43. The highest BCUT2D eigenvalue weighted by molar-refractivity contribution is 6.03. The summed E-state index contributed by atoms with van der Waals surface area (Å²) in [5, 5.41) is 33.9. The van der Waals surface area contributed by atoms with E-state index in [1.165, 1.54) is 13.8 Å². The van der Waals surface area contributed by atoms with Crippen molar-refractivity contribution in [3.05, 3.63) is 23.7 Å². The molecule has 3 N–H and O–H groups in total. The van der Waals surface area contributed by atoms with Crippen LogP contribution in [-0.2, 0) is 33.3 Å². The standard InChI is InChI=1S/C27H38O10/c1-12-9-18-26(11-34-18,37-16(5)30)21-23(36-15(4)29)27(33)10-17(31)13(2)19(24(27,6)7)20(32)22(25(12,21)8)35-14(3)28/h12,17-18,21-23,29,31,33H,4,9-11H2,1-3,5-8H3/t12-,17-,18+,21?,22+,23?,25+,26-,27+/m0/s1. The fraction of sp³-hybridized carbons (Fsp3) is 0.741. The molecule has 2 unspecified atom stereocenters. The number of carbonyl (C=O) groups is 3. The number of ether oxygens (including phenoxy) is 4. The number of fused-ring (bicyclic) bond motifs is 5. The summed E-state index contributed by atoms with van der Waals surface area (Å²) in [6.45, 7) is 14.5. The third-order valence-electron chi connectivity index (χ3n) is 9.69. The minimum atomic E-state index is -1.94. The second kappa shape index (κ2) is 8.54. The minimum Gasteiger partial charge on any atom is -0.481 e. The van der Waals surface area contributed by atoms with Crippen LogP contribution < -0.4 is 0 Å². The van der Waals surface area contributed by atoms with Gasteiger partial charge in [-0.1, -0.05) is 27.7 Å². The van der Waals surface area contributed by atoms with Crippen molar-refractivity contribution in [2.45, 2.75) is 96.9 Å². The quantitative estimate of drug-likeness (QED) is 0.370. The van der Waals surface area contributed by atoms with Crippen molar-refractivity contribution in [2.24, 2.45) is 22.7 Å². The van der Waals surface area contributed by atoms with Crippen molar-refractivity contribution in [1.82, 2.24) is 0 Å². The molecule has 37 heavy (non-hydrogen) atoms. The number of hydrogen-bond acceptors (Lipinski definition) is 10. The zero-order chi connectivity index (χ0) is 27.9. The van der Waals surface area contributed by atoms with Crippen molar-refractivity contribution in [3.63, 3.8) is 0 Å². The number of Topliss-reactive ketones (excluding diaryl/α,β-unsaturated/α-hetero) is 1. The lowest BCUT2D eigenvalue weighted by molar-refractivity contribution is -0.355. The van der Waals surface area contributed by atoms with Crippen molar-refractivity contribution in [3.8, 4) is 0 Å². The summed E-state index contributed by atoms with van der Waals surface area (Å²) in [5.74, 6) is -3.88. The van der Waals surface area contributed by atoms with Gasteiger partial charge in [0.15, 0.2) is 11.7 Å². The molecule has 1 aliphatic heterocycles. The zero-order valence-electron chi connectivity index (χ0n) is 22.5. The Balaban J connectivity index is 2.13. The van der Waals surface area contributed by atoms with E-state index in [4.69, 9.17) is 18.9 Å². The maximum Gasteiger partial charge on any atom is 0.303 e. The topological polar surface area (TPSA) is 149 Å². The molecule has 9 atom stereocenters. The normalized spacial score (nSPS) is 44.3. The van der Waals surface area contributed by atoms with Crippen LogP contribution in [0.4, 0.5) is 0 Å². The Morgan fingerprint density at radius 1 is 1.14 bits per heavy atom. The van der Waals surface area contributed by atoms with Gasteiger partial charge in [-0.25, -0.2) is 0 Å². The lowest BCUT2D eigenvalue weighted by Gasteiger charge is -2.68. The molecule has 0 radical (unpaired) electrons. The van der Waals surface area contributed by atoms with E-state index < -0.39 is 76.0 Å². The molecule has 2 bridgehead atoms. The number of rotatable bonds is 4. The average Bonchev–Trinajstić information content (AvgIpc) is 2.75. The van der Waals surface area contributed by atoms with E-state index in [9.17, 15) is 29.7 Å². The number of aliphatic hydroxyl groups is 3. The van der Waals surface area contributed by atoms with Crippen molar-refractivity contribution >= 4 is 17.7 Å². The number of ketones is 1. The molecule has 2 saturated carbocycles. The fourth-order valence-corrected chi connectivity index (χ4v) is 7.66. The Morgan fingerprint density at radius 2 is 1.76 bits per heavy atom. The van der Waals surface area contributed by atoms with Gasteiger partial charge < -0.3 is 34.3 Å². The summed E-state index contributed by atoms with van der Waals surface area (Å²) in [5.41, 5.74) is -5.40. The Bertz CT molecular complexity index is 1080. The van der Waals surface area contributed by atoms with E-state index in [1.54, 1.807) is 27.7 Å². The number of aliphatic hydroxyl groups excluding tert-OH is 2. The summed E-state index contributed by atoms with van der Waals surface area (Å²) < 4.78 is 23.5. The van der Waals surface area contributed by atoms with Gasteiger partial charge in [0.05, 0.1) is 18.6 Å². The average molecular weight is 523 g/mol. The maximum atomic E-state index is 14.4. The van der Waals surface area contributed by atoms with Gasteiger partial charge in [0.2, 0.25) is 5.78 Å². The van der Waals surface area contributed by atoms with Crippen LogP contribution in [0.3, 0.4) is 0 Å². The highest BCUT2D eigenvalue weighted by Crippen LogP contribution is 2.66. The van der Waals surface area contributed by atoms with E-state index in [-0.39, 0.29) is 24.5 Å². The molecule has 206 valence electrons. The van der Waals surface area contributed by atoms with Gasteiger partial charge in [0, 0.05) is 36.7 Å². The molecule has 0 aromatic heterocycles. The van der Waals surface area contributed by atoms with E-state index in [2.05, 4.69) is 6.58 Å². The lowest BCUT2D eigenvalue weighted by Crippen LogP contribution is -2.81. The van der Waals surface area contributed by atoms with Gasteiger partial charge in [-0.3, -0.25) is 14.4 Å². The molecular weight excluding hydrogens is 484 g/mol. The molecule has 10 nitrogen and oxygen atoms in total. The fourth-order valence-electron chi connectivity index (χ4n) is 7.66. The first kappa shape index (κ1) is 27.6. The largest absolute Gasteiger partial charge is 0.481 e. The van der Waals surface area contributed by atoms with E-state index >= 15 is 0 Å².